The van der Waals surface area contributed by atoms with Gasteiger partial charge in [-0.05, 0) is 35.9 Å². The van der Waals surface area contributed by atoms with Gasteiger partial charge < -0.3 is 9.47 Å². The summed E-state index contributed by atoms with van der Waals surface area (Å²) in [7, 11) is 0. The van der Waals surface area contributed by atoms with Crippen molar-refractivity contribution in [3.8, 4) is 11.5 Å². The van der Waals surface area contributed by atoms with Crippen molar-refractivity contribution in [2.24, 2.45) is 0 Å². The van der Waals surface area contributed by atoms with Gasteiger partial charge >= 0.3 is 0 Å². The molecule has 6 heteroatoms. The van der Waals surface area contributed by atoms with Gasteiger partial charge in [0.25, 0.3) is 11.8 Å². The van der Waals surface area contributed by atoms with Crippen LogP contribution in [0, 0.1) is 0 Å². The summed E-state index contributed by atoms with van der Waals surface area (Å²) in [5.41, 5.74) is 5.94. The topological polar surface area (TPSA) is 76.7 Å². The predicted molar refractivity (Wildman–Crippen MR) is 88.5 cm³/mol. The second kappa shape index (κ2) is 7.32. The Hall–Kier alpha value is -3.28. The third-order valence-corrected chi connectivity index (χ3v) is 3.33. The molecule has 24 heavy (non-hydrogen) atoms. The molecule has 6 nitrogen and oxygen atoms in total. The van der Waals surface area contributed by atoms with Crippen molar-refractivity contribution >= 4 is 17.9 Å². The fourth-order valence-corrected chi connectivity index (χ4v) is 2.16. The lowest BCUT2D eigenvalue weighted by Crippen LogP contribution is -2.40. The molecule has 3 rings (SSSR count). The van der Waals surface area contributed by atoms with Crippen LogP contribution in [0.15, 0.2) is 54.6 Å². The van der Waals surface area contributed by atoms with Crippen LogP contribution in [0.1, 0.15) is 15.9 Å². The zero-order chi connectivity index (χ0) is 16.8. The van der Waals surface area contributed by atoms with Crippen molar-refractivity contribution in [2.75, 3.05) is 13.2 Å². The van der Waals surface area contributed by atoms with E-state index in [0.29, 0.717) is 30.3 Å². The number of ether oxygens (including phenoxy) is 2. The van der Waals surface area contributed by atoms with E-state index in [1.165, 1.54) is 6.08 Å². The Morgan fingerprint density at radius 1 is 0.917 bits per heavy atom. The quantitative estimate of drug-likeness (QED) is 0.668. The Kier molecular flexibility index (Phi) is 4.76. The molecule has 0 fully saturated rings. The minimum atomic E-state index is -0.436. The number of nitrogens with one attached hydrogen (secondary N) is 2. The summed E-state index contributed by atoms with van der Waals surface area (Å²) in [6.07, 6.45) is 2.96. The number of fused-ring (bicyclic) bond motifs is 1. The van der Waals surface area contributed by atoms with Crippen molar-refractivity contribution in [3.63, 3.8) is 0 Å². The summed E-state index contributed by atoms with van der Waals surface area (Å²) < 4.78 is 10.9. The van der Waals surface area contributed by atoms with Crippen LogP contribution in [0.2, 0.25) is 0 Å². The number of rotatable bonds is 3. The van der Waals surface area contributed by atoms with E-state index in [1.807, 2.05) is 12.1 Å². The molecule has 0 bridgehead atoms. The number of carbonyl (C=O) groups excluding carboxylic acids is 2. The average Bonchev–Trinajstić information content (AvgIpc) is 2.65. The minimum absolute atomic E-state index is 0.378. The van der Waals surface area contributed by atoms with Gasteiger partial charge in [-0.25, -0.2) is 0 Å². The Bertz CT molecular complexity index is 772. The van der Waals surface area contributed by atoms with Crippen LogP contribution in [0.3, 0.4) is 0 Å². The van der Waals surface area contributed by atoms with E-state index in [1.54, 1.807) is 42.5 Å². The largest absolute Gasteiger partial charge is 0.486 e. The summed E-state index contributed by atoms with van der Waals surface area (Å²) in [6, 6.07) is 14.0. The first kappa shape index (κ1) is 15.6. The molecule has 0 atom stereocenters. The lowest BCUT2D eigenvalue weighted by atomic mass is 10.2. The lowest BCUT2D eigenvalue weighted by molar-refractivity contribution is -0.117. The first-order valence-electron chi connectivity index (χ1n) is 7.45. The van der Waals surface area contributed by atoms with Gasteiger partial charge in [0.05, 0.1) is 0 Å². The molecule has 2 amide bonds. The van der Waals surface area contributed by atoms with E-state index < -0.39 is 5.91 Å². The zero-order valence-electron chi connectivity index (χ0n) is 12.8. The Morgan fingerprint density at radius 3 is 2.46 bits per heavy atom. The van der Waals surface area contributed by atoms with Crippen LogP contribution < -0.4 is 20.3 Å². The molecule has 0 spiro atoms. The Morgan fingerprint density at radius 2 is 1.67 bits per heavy atom. The molecular formula is C18H16N2O4. The van der Waals surface area contributed by atoms with E-state index in [-0.39, 0.29) is 5.91 Å². The molecule has 2 aromatic carbocycles. The van der Waals surface area contributed by atoms with E-state index in [0.717, 1.165) is 5.56 Å². The van der Waals surface area contributed by atoms with E-state index >= 15 is 0 Å². The van der Waals surface area contributed by atoms with E-state index in [9.17, 15) is 9.59 Å². The van der Waals surface area contributed by atoms with Crippen LogP contribution in [0.4, 0.5) is 0 Å². The van der Waals surface area contributed by atoms with Crippen LogP contribution >= 0.6 is 0 Å². The highest BCUT2D eigenvalue weighted by molar-refractivity contribution is 5.97. The molecule has 0 aromatic heterocycles. The van der Waals surface area contributed by atoms with Crippen LogP contribution in [0.25, 0.3) is 6.08 Å². The van der Waals surface area contributed by atoms with Crippen molar-refractivity contribution in [1.82, 2.24) is 10.9 Å². The first-order valence-corrected chi connectivity index (χ1v) is 7.45. The molecule has 2 N–H and O–H groups in total. The lowest BCUT2D eigenvalue weighted by Gasteiger charge is -2.18. The van der Waals surface area contributed by atoms with E-state index in [2.05, 4.69) is 10.9 Å². The maximum Gasteiger partial charge on any atom is 0.269 e. The van der Waals surface area contributed by atoms with Gasteiger partial charge in [-0.3, -0.25) is 20.4 Å². The standard InChI is InChI=1S/C18H16N2O4/c21-17(19-20-18(22)14-4-2-1-3-5-14)9-7-13-6-8-15-16(12-13)24-11-10-23-15/h1-9,12H,10-11H2,(H,19,21)(H,20,22)/b9-7+. The second-order valence-corrected chi connectivity index (χ2v) is 5.05. The van der Waals surface area contributed by atoms with Crippen LogP contribution in [0.5, 0.6) is 11.5 Å². The number of amides is 2. The van der Waals surface area contributed by atoms with Gasteiger partial charge in [0.1, 0.15) is 13.2 Å². The fourth-order valence-electron chi connectivity index (χ4n) is 2.16. The SMILES string of the molecule is O=C(/C=C/c1ccc2c(c1)OCCO2)NNC(=O)c1ccccc1. The summed E-state index contributed by atoms with van der Waals surface area (Å²) in [4.78, 5) is 23.6. The highest BCUT2D eigenvalue weighted by Crippen LogP contribution is 2.30. The molecule has 0 aliphatic carbocycles. The number of benzene rings is 2. The maximum atomic E-state index is 11.8. The molecular weight excluding hydrogens is 308 g/mol. The summed E-state index contributed by atoms with van der Waals surface area (Å²) in [5, 5.41) is 0. The number of hydrogen-bond donors (Lipinski definition) is 2. The normalized spacial score (nSPS) is 12.7. The predicted octanol–water partition coefficient (Wildman–Crippen LogP) is 1.93. The molecule has 0 unspecified atom stereocenters. The maximum absolute atomic E-state index is 11.8. The molecule has 2 aromatic rings. The molecule has 0 radical (unpaired) electrons. The van der Waals surface area contributed by atoms with Crippen molar-refractivity contribution in [1.29, 1.82) is 0 Å². The van der Waals surface area contributed by atoms with Crippen molar-refractivity contribution < 1.29 is 19.1 Å². The highest BCUT2D eigenvalue weighted by Gasteiger charge is 2.11. The Balaban J connectivity index is 1.55. The highest BCUT2D eigenvalue weighted by atomic mass is 16.6. The second-order valence-electron chi connectivity index (χ2n) is 5.05. The summed E-state index contributed by atoms with van der Waals surface area (Å²) in [6.45, 7) is 1.04. The monoisotopic (exact) mass is 324 g/mol. The summed E-state index contributed by atoms with van der Waals surface area (Å²) in [5.74, 6) is 0.532. The number of carbonyl (C=O) groups is 2. The fraction of sp³-hybridized carbons (Fsp3) is 0.111. The molecule has 1 heterocycles. The van der Waals surface area contributed by atoms with Gasteiger partial charge in [0.2, 0.25) is 0 Å². The third-order valence-electron chi connectivity index (χ3n) is 3.33. The molecule has 122 valence electrons. The molecule has 1 aliphatic heterocycles. The van der Waals surface area contributed by atoms with Crippen LogP contribution in [-0.2, 0) is 4.79 Å². The van der Waals surface area contributed by atoms with E-state index in [4.69, 9.17) is 9.47 Å². The van der Waals surface area contributed by atoms with Crippen LogP contribution in [-0.4, -0.2) is 25.0 Å². The van der Waals surface area contributed by atoms with Gasteiger partial charge in [-0.2, -0.15) is 0 Å². The zero-order valence-corrected chi connectivity index (χ0v) is 12.8. The molecule has 0 saturated carbocycles. The van der Waals surface area contributed by atoms with Gasteiger partial charge in [-0.1, -0.05) is 24.3 Å². The smallest absolute Gasteiger partial charge is 0.269 e. The number of hydrazine groups is 1. The van der Waals surface area contributed by atoms with Crippen molar-refractivity contribution in [3.05, 3.63) is 65.7 Å². The first-order chi connectivity index (χ1) is 11.7. The number of hydrogen-bond acceptors (Lipinski definition) is 4. The molecule has 0 saturated heterocycles. The third kappa shape index (κ3) is 3.92. The van der Waals surface area contributed by atoms with Crippen molar-refractivity contribution in [2.45, 2.75) is 0 Å². The van der Waals surface area contributed by atoms with Gasteiger partial charge in [0.15, 0.2) is 11.5 Å². The van der Waals surface area contributed by atoms with Gasteiger partial charge in [-0.15, -0.1) is 0 Å². The Labute approximate surface area is 139 Å². The summed E-state index contributed by atoms with van der Waals surface area (Å²) >= 11 is 0. The molecule has 1 aliphatic rings. The van der Waals surface area contributed by atoms with Gasteiger partial charge in [0, 0.05) is 11.6 Å². The average molecular weight is 324 g/mol. The minimum Gasteiger partial charge on any atom is -0.486 e.